The van der Waals surface area contributed by atoms with Gasteiger partial charge in [-0.05, 0) is 81.7 Å². The van der Waals surface area contributed by atoms with Gasteiger partial charge in [-0.3, -0.25) is 4.79 Å². The van der Waals surface area contributed by atoms with Gasteiger partial charge in [0.25, 0.3) is 0 Å². The molecule has 0 aromatic carbocycles. The zero-order valence-electron chi connectivity index (χ0n) is 17.5. The van der Waals surface area contributed by atoms with Gasteiger partial charge in [0.1, 0.15) is 0 Å². The molecule has 2 N–H and O–H groups in total. The van der Waals surface area contributed by atoms with Crippen LogP contribution in [-0.2, 0) is 7.05 Å². The summed E-state index contributed by atoms with van der Waals surface area (Å²) in [5.41, 5.74) is -0.507. The van der Waals surface area contributed by atoms with Crippen LogP contribution in [0.3, 0.4) is 0 Å². The number of carbonyl (C=O) groups excluding carboxylic acids is 1. The minimum absolute atomic E-state index is 0.00389. The molecule has 4 aliphatic carbocycles. The molecule has 1 aliphatic heterocycles. The van der Waals surface area contributed by atoms with Gasteiger partial charge >= 0.3 is 0 Å². The summed E-state index contributed by atoms with van der Waals surface area (Å²) in [5.74, 6) is 1.46. The van der Waals surface area contributed by atoms with E-state index in [0.717, 1.165) is 58.0 Å². The van der Waals surface area contributed by atoms with Crippen LogP contribution in [0, 0.1) is 29.5 Å². The summed E-state index contributed by atoms with van der Waals surface area (Å²) >= 11 is 0. The fraction of sp³-hybridized carbons (Fsp3) is 0.818. The molecule has 160 valence electrons. The van der Waals surface area contributed by atoms with E-state index < -0.39 is 11.4 Å². The molecular weight excluding hydrogens is 371 g/mol. The van der Waals surface area contributed by atoms with E-state index in [9.17, 15) is 9.90 Å². The first-order chi connectivity index (χ1) is 13.8. The second kappa shape index (κ2) is 7.05. The lowest BCUT2D eigenvalue weighted by Gasteiger charge is -2.58. The average Bonchev–Trinajstić information content (AvgIpc) is 2.97. The molecule has 0 radical (unpaired) electrons. The summed E-state index contributed by atoms with van der Waals surface area (Å²) in [6.45, 7) is 1.86. The van der Waals surface area contributed by atoms with Crippen LogP contribution in [0.1, 0.15) is 61.9 Å². The molecule has 4 saturated carbocycles. The van der Waals surface area contributed by atoms with Gasteiger partial charge < -0.3 is 15.3 Å². The Morgan fingerprint density at radius 1 is 1.28 bits per heavy atom. The lowest BCUT2D eigenvalue weighted by Crippen LogP contribution is -2.54. The van der Waals surface area contributed by atoms with Gasteiger partial charge in [0.15, 0.2) is 23.1 Å². The van der Waals surface area contributed by atoms with Crippen LogP contribution < -0.4 is 10.2 Å². The molecule has 6 rings (SSSR count). The molecule has 7 heteroatoms. The Hall–Kier alpha value is -1.47. The van der Waals surface area contributed by atoms with E-state index in [2.05, 4.69) is 10.4 Å². The minimum atomic E-state index is -0.503. The Labute approximate surface area is 171 Å². The largest absolute Gasteiger partial charge is 0.390 e. The van der Waals surface area contributed by atoms with Crippen molar-refractivity contribution in [3.05, 3.63) is 11.5 Å². The summed E-state index contributed by atoms with van der Waals surface area (Å²) in [4.78, 5) is 15.1. The van der Waals surface area contributed by atoms with Crippen LogP contribution in [0.5, 0.6) is 0 Å². The molecule has 0 spiro atoms. The lowest BCUT2D eigenvalue weighted by molar-refractivity contribution is -0.151. The van der Waals surface area contributed by atoms with Crippen LogP contribution in [0.15, 0.2) is 0 Å². The molecule has 6 nitrogen and oxygen atoms in total. The summed E-state index contributed by atoms with van der Waals surface area (Å²) in [5, 5.41) is 18.4. The number of ketones is 1. The molecule has 5 aliphatic rings. The molecule has 1 saturated heterocycles. The molecule has 2 unspecified atom stereocenters. The van der Waals surface area contributed by atoms with Gasteiger partial charge in [0.05, 0.1) is 5.60 Å². The number of piperidine rings is 1. The van der Waals surface area contributed by atoms with E-state index in [1.165, 1.54) is 4.68 Å². The van der Waals surface area contributed by atoms with E-state index in [4.69, 9.17) is 0 Å². The zero-order valence-corrected chi connectivity index (χ0v) is 17.5. The van der Waals surface area contributed by atoms with Crippen LogP contribution in [-0.4, -0.2) is 52.5 Å². The maximum atomic E-state index is 15.3. The summed E-state index contributed by atoms with van der Waals surface area (Å²) in [7, 11) is 3.63. The van der Waals surface area contributed by atoms with Crippen molar-refractivity contribution in [3.8, 4) is 0 Å². The number of halogens is 1. The summed E-state index contributed by atoms with van der Waals surface area (Å²) < 4.78 is 16.9. The highest BCUT2D eigenvalue weighted by Gasteiger charge is 2.55. The highest BCUT2D eigenvalue weighted by Crippen LogP contribution is 2.59. The number of aromatic nitrogens is 2. The number of hydrogen-bond acceptors (Lipinski definition) is 5. The lowest BCUT2D eigenvalue weighted by atomic mass is 9.49. The van der Waals surface area contributed by atoms with Crippen molar-refractivity contribution in [1.29, 1.82) is 0 Å². The van der Waals surface area contributed by atoms with E-state index in [0.29, 0.717) is 30.0 Å². The third kappa shape index (κ3) is 3.30. The van der Waals surface area contributed by atoms with Crippen LogP contribution in [0.25, 0.3) is 0 Å². The van der Waals surface area contributed by atoms with Gasteiger partial charge in [-0.2, -0.15) is 5.10 Å². The molecule has 2 heterocycles. The number of rotatable bonds is 5. The number of Topliss-reactive ketones (excluding diaryl/α,β-unsaturated/α-hetero) is 1. The van der Waals surface area contributed by atoms with Crippen molar-refractivity contribution in [1.82, 2.24) is 15.1 Å². The third-order valence-electron chi connectivity index (χ3n) is 8.27. The number of carbonyl (C=O) groups is 1. The van der Waals surface area contributed by atoms with Gasteiger partial charge in [0, 0.05) is 26.6 Å². The van der Waals surface area contributed by atoms with Crippen molar-refractivity contribution in [2.45, 2.75) is 63.0 Å². The molecule has 0 amide bonds. The fourth-order valence-electron chi connectivity index (χ4n) is 7.15. The summed E-state index contributed by atoms with van der Waals surface area (Å²) in [6, 6.07) is 0.259. The van der Waals surface area contributed by atoms with E-state index in [1.54, 1.807) is 7.05 Å². The Bertz CT molecular complexity index is 787. The first-order valence-electron chi connectivity index (χ1n) is 11.3. The quantitative estimate of drug-likeness (QED) is 0.738. The van der Waals surface area contributed by atoms with Gasteiger partial charge in [0.2, 0.25) is 0 Å². The SMILES string of the molecule is CN(c1c(F)c(C(=O)CC2C3CC4CC2CC(O)(C4)C3)nn1C)C1CCNCC1. The molecule has 1 aromatic heterocycles. The van der Waals surface area contributed by atoms with Gasteiger partial charge in [-0.15, -0.1) is 0 Å². The number of anilines is 1. The molecule has 1 aromatic rings. The standard InChI is InChI=1S/C22H33FN4O2/c1-26(16-3-5-24-6-4-16)21-19(23)20(25-27(21)2)18(28)9-17-14-7-13-8-15(17)12-22(29,10-13)11-14/h13-17,24,29H,3-12H2,1-2H3. The smallest absolute Gasteiger partial charge is 0.196 e. The molecule has 2 atom stereocenters. The molecule has 4 bridgehead atoms. The number of aryl methyl sites for hydroxylation is 1. The maximum absolute atomic E-state index is 15.3. The molecular formula is C22H33FN4O2. The minimum Gasteiger partial charge on any atom is -0.390 e. The number of nitrogens with one attached hydrogen (secondary N) is 1. The number of hydrogen-bond donors (Lipinski definition) is 2. The Morgan fingerprint density at radius 3 is 2.55 bits per heavy atom. The fourth-order valence-corrected chi connectivity index (χ4v) is 7.15. The van der Waals surface area contributed by atoms with E-state index in [1.807, 2.05) is 11.9 Å². The van der Waals surface area contributed by atoms with E-state index >= 15 is 4.39 Å². The van der Waals surface area contributed by atoms with Gasteiger partial charge in [-0.1, -0.05) is 0 Å². The second-order valence-corrected chi connectivity index (χ2v) is 10.2. The van der Waals surface area contributed by atoms with Crippen molar-refractivity contribution < 1.29 is 14.3 Å². The predicted molar refractivity (Wildman–Crippen MR) is 108 cm³/mol. The van der Waals surface area contributed by atoms with Crippen LogP contribution in [0.4, 0.5) is 10.2 Å². The Kier molecular flexibility index (Phi) is 4.74. The normalized spacial score (nSPS) is 36.6. The van der Waals surface area contributed by atoms with Crippen molar-refractivity contribution in [2.75, 3.05) is 25.0 Å². The van der Waals surface area contributed by atoms with Crippen molar-refractivity contribution >= 4 is 11.6 Å². The first-order valence-corrected chi connectivity index (χ1v) is 11.3. The van der Waals surface area contributed by atoms with E-state index in [-0.39, 0.29) is 23.4 Å². The van der Waals surface area contributed by atoms with Crippen LogP contribution >= 0.6 is 0 Å². The maximum Gasteiger partial charge on any atom is 0.196 e. The van der Waals surface area contributed by atoms with Crippen molar-refractivity contribution in [3.63, 3.8) is 0 Å². The summed E-state index contributed by atoms with van der Waals surface area (Å²) in [6.07, 6.45) is 7.07. The number of nitrogens with zero attached hydrogens (tertiary/aromatic N) is 3. The first kappa shape index (κ1) is 19.5. The van der Waals surface area contributed by atoms with Gasteiger partial charge in [-0.25, -0.2) is 9.07 Å². The Balaban J connectivity index is 1.33. The average molecular weight is 405 g/mol. The van der Waals surface area contributed by atoms with Crippen molar-refractivity contribution in [2.24, 2.45) is 30.7 Å². The highest BCUT2D eigenvalue weighted by molar-refractivity contribution is 5.95. The zero-order chi connectivity index (χ0) is 20.3. The predicted octanol–water partition coefficient (Wildman–Crippen LogP) is 2.51. The monoisotopic (exact) mass is 404 g/mol. The highest BCUT2D eigenvalue weighted by atomic mass is 19.1. The van der Waals surface area contributed by atoms with Crippen LogP contribution in [0.2, 0.25) is 0 Å². The third-order valence-corrected chi connectivity index (χ3v) is 8.27. The molecule has 29 heavy (non-hydrogen) atoms. The Morgan fingerprint density at radius 2 is 1.93 bits per heavy atom. The molecule has 5 fully saturated rings. The second-order valence-electron chi connectivity index (χ2n) is 10.2. The number of aliphatic hydroxyl groups is 1. The topological polar surface area (TPSA) is 70.4 Å².